The van der Waals surface area contributed by atoms with E-state index in [9.17, 15) is 4.79 Å². The number of aromatic nitrogens is 1. The first kappa shape index (κ1) is 12.9. The number of amides is 1. The molecule has 0 radical (unpaired) electrons. The highest BCUT2D eigenvalue weighted by atomic mass is 16.5. The second-order valence-corrected chi connectivity index (χ2v) is 4.23. The maximum absolute atomic E-state index is 11.3. The lowest BCUT2D eigenvalue weighted by atomic mass is 10.1. The molecule has 6 nitrogen and oxygen atoms in total. The van der Waals surface area contributed by atoms with Gasteiger partial charge in [0.15, 0.2) is 0 Å². The predicted molar refractivity (Wildman–Crippen MR) is 64.5 cm³/mol. The average Bonchev–Trinajstić information content (AvgIpc) is 2.91. The fourth-order valence-corrected chi connectivity index (χ4v) is 1.81. The van der Waals surface area contributed by atoms with E-state index in [1.54, 1.807) is 12.1 Å². The molecule has 1 aliphatic rings. The Kier molecular flexibility index (Phi) is 4.63. The van der Waals surface area contributed by atoms with Gasteiger partial charge in [-0.2, -0.15) is 0 Å². The van der Waals surface area contributed by atoms with Crippen molar-refractivity contribution in [2.24, 2.45) is 11.8 Å². The van der Waals surface area contributed by atoms with Gasteiger partial charge < -0.3 is 9.47 Å². The molecule has 0 bridgehead atoms. The number of carbonyl (C=O) groups is 1. The third-order valence-corrected chi connectivity index (χ3v) is 2.80. The fourth-order valence-electron chi connectivity index (χ4n) is 1.81. The molecule has 1 aromatic heterocycles. The van der Waals surface area contributed by atoms with Gasteiger partial charge in [0.1, 0.15) is 5.69 Å². The van der Waals surface area contributed by atoms with E-state index in [0.29, 0.717) is 24.8 Å². The van der Waals surface area contributed by atoms with Gasteiger partial charge in [-0.25, -0.2) is 10.8 Å². The smallest absolute Gasteiger partial charge is 0.283 e. The molecule has 18 heavy (non-hydrogen) atoms. The van der Waals surface area contributed by atoms with Crippen molar-refractivity contribution < 1.29 is 14.3 Å². The van der Waals surface area contributed by atoms with E-state index in [1.165, 1.54) is 0 Å². The van der Waals surface area contributed by atoms with Crippen LogP contribution in [0.5, 0.6) is 0 Å². The first-order valence-corrected chi connectivity index (χ1v) is 5.92. The third kappa shape index (κ3) is 3.49. The number of nitrogens with one attached hydrogen (secondary N) is 1. The number of pyridine rings is 1. The van der Waals surface area contributed by atoms with Crippen molar-refractivity contribution in [1.29, 1.82) is 0 Å². The molecule has 1 unspecified atom stereocenters. The number of ether oxygens (including phenoxy) is 2. The number of nitrogen functional groups attached to an aromatic ring is 1. The maximum Gasteiger partial charge on any atom is 0.283 e. The van der Waals surface area contributed by atoms with Crippen molar-refractivity contribution >= 4 is 5.91 Å². The Morgan fingerprint density at radius 1 is 1.61 bits per heavy atom. The summed E-state index contributed by atoms with van der Waals surface area (Å²) in [6.07, 6.45) is 1.04. The molecule has 98 valence electrons. The van der Waals surface area contributed by atoms with Crippen LogP contribution in [-0.2, 0) is 16.1 Å². The summed E-state index contributed by atoms with van der Waals surface area (Å²) in [7, 11) is 0. The summed E-state index contributed by atoms with van der Waals surface area (Å²) in [6.45, 7) is 2.64. The molecule has 1 saturated heterocycles. The lowest BCUT2D eigenvalue weighted by Crippen LogP contribution is -2.30. The zero-order valence-corrected chi connectivity index (χ0v) is 10.1. The van der Waals surface area contributed by atoms with Crippen LogP contribution in [0.25, 0.3) is 0 Å². The predicted octanol–water partition coefficient (Wildman–Crippen LogP) is 0.238. The largest absolute Gasteiger partial charge is 0.381 e. The Hall–Kier alpha value is -1.50. The van der Waals surface area contributed by atoms with Gasteiger partial charge in [-0.05, 0) is 18.6 Å². The van der Waals surface area contributed by atoms with Crippen molar-refractivity contribution in [2.75, 3.05) is 19.8 Å². The Labute approximate surface area is 105 Å². The van der Waals surface area contributed by atoms with Crippen LogP contribution in [0.3, 0.4) is 0 Å². The van der Waals surface area contributed by atoms with Crippen LogP contribution < -0.4 is 11.3 Å². The fraction of sp³-hybridized carbons (Fsp3) is 0.500. The molecule has 1 amide bonds. The Morgan fingerprint density at radius 3 is 3.22 bits per heavy atom. The van der Waals surface area contributed by atoms with Crippen molar-refractivity contribution in [3.8, 4) is 0 Å². The van der Waals surface area contributed by atoms with Gasteiger partial charge in [-0.3, -0.25) is 10.2 Å². The minimum absolute atomic E-state index is 0.294. The number of nitrogens with two attached hydrogens (primary N) is 1. The molecule has 0 aromatic carbocycles. The summed E-state index contributed by atoms with van der Waals surface area (Å²) >= 11 is 0. The number of hydrazine groups is 1. The molecular formula is C12H17N3O3. The van der Waals surface area contributed by atoms with E-state index in [1.807, 2.05) is 6.07 Å². The van der Waals surface area contributed by atoms with Crippen molar-refractivity contribution in [1.82, 2.24) is 10.4 Å². The van der Waals surface area contributed by atoms with Crippen LogP contribution in [0.4, 0.5) is 0 Å². The van der Waals surface area contributed by atoms with Crippen molar-refractivity contribution in [2.45, 2.75) is 13.0 Å². The van der Waals surface area contributed by atoms with Crippen molar-refractivity contribution in [3.63, 3.8) is 0 Å². The van der Waals surface area contributed by atoms with Gasteiger partial charge in [-0.15, -0.1) is 0 Å². The molecule has 0 spiro atoms. The van der Waals surface area contributed by atoms with E-state index < -0.39 is 5.91 Å². The molecule has 2 rings (SSSR count). The number of carbonyl (C=O) groups excluding carboxylic acids is 1. The van der Waals surface area contributed by atoms with Gasteiger partial charge in [-0.1, -0.05) is 6.07 Å². The van der Waals surface area contributed by atoms with Crippen LogP contribution in [0.15, 0.2) is 18.2 Å². The van der Waals surface area contributed by atoms with Gasteiger partial charge in [0.05, 0.1) is 25.5 Å². The van der Waals surface area contributed by atoms with E-state index in [-0.39, 0.29) is 0 Å². The molecule has 3 N–H and O–H groups in total. The first-order chi connectivity index (χ1) is 8.79. The minimum Gasteiger partial charge on any atom is -0.381 e. The van der Waals surface area contributed by atoms with Gasteiger partial charge in [0, 0.05) is 12.5 Å². The molecule has 1 aliphatic heterocycles. The van der Waals surface area contributed by atoms with E-state index >= 15 is 0 Å². The average molecular weight is 251 g/mol. The van der Waals surface area contributed by atoms with Gasteiger partial charge >= 0.3 is 0 Å². The quantitative estimate of drug-likeness (QED) is 0.444. The zero-order valence-electron chi connectivity index (χ0n) is 10.1. The molecule has 0 aliphatic carbocycles. The summed E-state index contributed by atoms with van der Waals surface area (Å²) in [6, 6.07) is 5.18. The summed E-state index contributed by atoms with van der Waals surface area (Å²) in [5, 5.41) is 0. The van der Waals surface area contributed by atoms with E-state index in [0.717, 1.165) is 25.3 Å². The third-order valence-electron chi connectivity index (χ3n) is 2.80. The highest BCUT2D eigenvalue weighted by Gasteiger charge is 2.15. The molecule has 1 atom stereocenters. The lowest BCUT2D eigenvalue weighted by molar-refractivity contribution is 0.0770. The number of hydrogen-bond acceptors (Lipinski definition) is 5. The number of hydrogen-bond donors (Lipinski definition) is 2. The summed E-state index contributed by atoms with van der Waals surface area (Å²) in [5.74, 6) is 5.12. The van der Waals surface area contributed by atoms with Crippen LogP contribution in [0, 0.1) is 5.92 Å². The Morgan fingerprint density at radius 2 is 2.50 bits per heavy atom. The first-order valence-electron chi connectivity index (χ1n) is 5.92. The zero-order chi connectivity index (χ0) is 12.8. The molecule has 2 heterocycles. The summed E-state index contributed by atoms with van der Waals surface area (Å²) in [4.78, 5) is 15.5. The molecular weight excluding hydrogens is 234 g/mol. The van der Waals surface area contributed by atoms with Gasteiger partial charge in [0.2, 0.25) is 0 Å². The topological polar surface area (TPSA) is 86.5 Å². The van der Waals surface area contributed by atoms with Crippen LogP contribution in [-0.4, -0.2) is 30.7 Å². The Bertz CT molecular complexity index is 405. The normalized spacial score (nSPS) is 18.8. The summed E-state index contributed by atoms with van der Waals surface area (Å²) < 4.78 is 10.8. The maximum atomic E-state index is 11.3. The monoisotopic (exact) mass is 251 g/mol. The second-order valence-electron chi connectivity index (χ2n) is 4.23. The standard InChI is InChI=1S/C12H17N3O3/c13-15-12(16)11-3-1-2-10(14-11)8-18-7-9-4-5-17-6-9/h1-3,9H,4-8,13H2,(H,15,16). The lowest BCUT2D eigenvalue weighted by Gasteiger charge is -2.08. The van der Waals surface area contributed by atoms with Crippen LogP contribution >= 0.6 is 0 Å². The van der Waals surface area contributed by atoms with Crippen LogP contribution in [0.2, 0.25) is 0 Å². The molecule has 6 heteroatoms. The van der Waals surface area contributed by atoms with Crippen LogP contribution in [0.1, 0.15) is 22.6 Å². The molecule has 1 fully saturated rings. The molecule has 0 saturated carbocycles. The second kappa shape index (κ2) is 6.44. The van der Waals surface area contributed by atoms with E-state index in [2.05, 4.69) is 10.4 Å². The SMILES string of the molecule is NNC(=O)c1cccc(COCC2CCOC2)n1. The van der Waals surface area contributed by atoms with Crippen molar-refractivity contribution in [3.05, 3.63) is 29.6 Å². The van der Waals surface area contributed by atoms with E-state index in [4.69, 9.17) is 15.3 Å². The highest BCUT2D eigenvalue weighted by molar-refractivity contribution is 5.91. The number of nitrogens with zero attached hydrogens (tertiary/aromatic N) is 1. The Balaban J connectivity index is 1.83. The molecule has 1 aromatic rings. The minimum atomic E-state index is -0.402. The highest BCUT2D eigenvalue weighted by Crippen LogP contribution is 2.13. The van der Waals surface area contributed by atoms with Gasteiger partial charge in [0.25, 0.3) is 5.91 Å². The number of rotatable bonds is 5. The summed E-state index contributed by atoms with van der Waals surface area (Å²) in [5.41, 5.74) is 3.06.